The summed E-state index contributed by atoms with van der Waals surface area (Å²) in [6, 6.07) is 11.9. The molecular weight excluding hydrogens is 216 g/mol. The molecule has 0 N–H and O–H groups in total. The first-order chi connectivity index (χ1) is 8.22. The van der Waals surface area contributed by atoms with Gasteiger partial charge in [0, 0.05) is 12.5 Å². The predicted octanol–water partition coefficient (Wildman–Crippen LogP) is 1.83. The Morgan fingerprint density at radius 2 is 1.88 bits per heavy atom. The molecule has 0 saturated heterocycles. The maximum Gasteiger partial charge on any atom is 0.271 e. The van der Waals surface area contributed by atoms with Crippen LogP contribution in [0.25, 0.3) is 5.69 Å². The molecular formula is C13H12N2O2. The van der Waals surface area contributed by atoms with Crippen molar-refractivity contribution in [2.45, 2.75) is 13.3 Å². The first kappa shape index (κ1) is 11.3. The van der Waals surface area contributed by atoms with Gasteiger partial charge in [-0.15, -0.1) is 0 Å². The van der Waals surface area contributed by atoms with E-state index in [2.05, 4.69) is 5.10 Å². The lowest BCUT2D eigenvalue weighted by atomic mass is 10.2. The van der Waals surface area contributed by atoms with Crippen LogP contribution in [0.5, 0.6) is 0 Å². The van der Waals surface area contributed by atoms with Crippen molar-refractivity contribution < 1.29 is 4.79 Å². The molecule has 0 aliphatic carbocycles. The molecule has 2 aromatic rings. The van der Waals surface area contributed by atoms with E-state index in [9.17, 15) is 9.59 Å². The van der Waals surface area contributed by atoms with E-state index in [1.165, 1.54) is 16.8 Å². The molecule has 0 spiro atoms. The Bertz CT molecular complexity index is 588. The number of aromatic nitrogens is 2. The van der Waals surface area contributed by atoms with Gasteiger partial charge in [0.1, 0.15) is 5.69 Å². The van der Waals surface area contributed by atoms with Crippen molar-refractivity contribution in [1.82, 2.24) is 9.78 Å². The van der Waals surface area contributed by atoms with Crippen molar-refractivity contribution in [1.29, 1.82) is 0 Å². The summed E-state index contributed by atoms with van der Waals surface area (Å²) < 4.78 is 1.24. The monoisotopic (exact) mass is 228 g/mol. The summed E-state index contributed by atoms with van der Waals surface area (Å²) in [5.74, 6) is -0.0744. The van der Waals surface area contributed by atoms with Gasteiger partial charge >= 0.3 is 0 Å². The molecule has 4 heteroatoms. The van der Waals surface area contributed by atoms with Gasteiger partial charge in [-0.25, -0.2) is 0 Å². The maximum absolute atomic E-state index is 11.7. The number of rotatable bonds is 3. The van der Waals surface area contributed by atoms with Crippen LogP contribution in [0.4, 0.5) is 0 Å². The molecule has 4 nitrogen and oxygen atoms in total. The molecule has 1 aromatic heterocycles. The Labute approximate surface area is 98.5 Å². The lowest BCUT2D eigenvalue weighted by Crippen LogP contribution is -2.22. The van der Waals surface area contributed by atoms with Crippen LogP contribution in [0.1, 0.15) is 23.8 Å². The normalized spacial score (nSPS) is 10.2. The SMILES string of the molecule is CCC(=O)c1ccc(=O)n(-c2ccccc2)n1. The van der Waals surface area contributed by atoms with E-state index in [1.807, 2.05) is 18.2 Å². The van der Waals surface area contributed by atoms with Gasteiger partial charge in [0.05, 0.1) is 5.69 Å². The van der Waals surface area contributed by atoms with E-state index < -0.39 is 0 Å². The van der Waals surface area contributed by atoms with Gasteiger partial charge in [-0.1, -0.05) is 25.1 Å². The number of carbonyl (C=O) groups is 1. The summed E-state index contributed by atoms with van der Waals surface area (Å²) in [7, 11) is 0. The largest absolute Gasteiger partial charge is 0.292 e. The molecule has 0 unspecified atom stereocenters. The van der Waals surface area contributed by atoms with Crippen LogP contribution in [0.2, 0.25) is 0 Å². The Balaban J connectivity index is 2.55. The Hall–Kier alpha value is -2.23. The van der Waals surface area contributed by atoms with Crippen molar-refractivity contribution in [3.63, 3.8) is 0 Å². The second kappa shape index (κ2) is 4.74. The second-order valence-electron chi connectivity index (χ2n) is 3.58. The smallest absolute Gasteiger partial charge is 0.271 e. The molecule has 1 heterocycles. The number of para-hydroxylation sites is 1. The standard InChI is InChI=1S/C13H12N2O2/c1-2-12(16)11-8-9-13(17)15(14-11)10-6-4-3-5-7-10/h3-9H,2H2,1H3. The van der Waals surface area contributed by atoms with Gasteiger partial charge in [-0.05, 0) is 18.2 Å². The number of hydrogen-bond acceptors (Lipinski definition) is 3. The van der Waals surface area contributed by atoms with Crippen LogP contribution in [-0.4, -0.2) is 15.6 Å². The number of carbonyl (C=O) groups excluding carboxylic acids is 1. The number of ketones is 1. The van der Waals surface area contributed by atoms with Gasteiger partial charge in [-0.3, -0.25) is 9.59 Å². The molecule has 1 aromatic carbocycles. The fraction of sp³-hybridized carbons (Fsp3) is 0.154. The number of Topliss-reactive ketones (excluding diaryl/α,β-unsaturated/α-hetero) is 1. The highest BCUT2D eigenvalue weighted by atomic mass is 16.1. The van der Waals surface area contributed by atoms with Gasteiger partial charge < -0.3 is 0 Å². The minimum Gasteiger partial charge on any atom is -0.292 e. The number of benzene rings is 1. The number of hydrogen-bond donors (Lipinski definition) is 0. The zero-order valence-corrected chi connectivity index (χ0v) is 9.46. The van der Waals surface area contributed by atoms with E-state index in [0.29, 0.717) is 17.8 Å². The molecule has 0 atom stereocenters. The highest BCUT2D eigenvalue weighted by Crippen LogP contribution is 2.03. The third-order valence-corrected chi connectivity index (χ3v) is 2.41. The summed E-state index contributed by atoms with van der Waals surface area (Å²) in [5.41, 5.74) is 0.725. The Morgan fingerprint density at radius 1 is 1.18 bits per heavy atom. The quantitative estimate of drug-likeness (QED) is 0.753. The topological polar surface area (TPSA) is 52.0 Å². The van der Waals surface area contributed by atoms with Crippen LogP contribution >= 0.6 is 0 Å². The summed E-state index contributed by atoms with van der Waals surface area (Å²) in [5, 5.41) is 4.07. The van der Waals surface area contributed by atoms with E-state index in [4.69, 9.17) is 0 Å². The summed E-state index contributed by atoms with van der Waals surface area (Å²) in [6.45, 7) is 1.77. The third-order valence-electron chi connectivity index (χ3n) is 2.41. The average molecular weight is 228 g/mol. The van der Waals surface area contributed by atoms with Crippen LogP contribution < -0.4 is 5.56 Å². The number of nitrogens with zero attached hydrogens (tertiary/aromatic N) is 2. The highest BCUT2D eigenvalue weighted by molar-refractivity contribution is 5.93. The molecule has 0 saturated carbocycles. The fourth-order valence-corrected chi connectivity index (χ4v) is 1.50. The van der Waals surface area contributed by atoms with Crippen molar-refractivity contribution in [3.05, 3.63) is 58.5 Å². The summed E-state index contributed by atoms with van der Waals surface area (Å²) in [4.78, 5) is 23.2. The average Bonchev–Trinajstić information content (AvgIpc) is 2.39. The fourth-order valence-electron chi connectivity index (χ4n) is 1.50. The molecule has 0 amide bonds. The molecule has 86 valence electrons. The zero-order valence-electron chi connectivity index (χ0n) is 9.46. The maximum atomic E-state index is 11.7. The molecule has 0 radical (unpaired) electrons. The molecule has 0 aliphatic rings. The van der Waals surface area contributed by atoms with E-state index in [1.54, 1.807) is 19.1 Å². The minimum atomic E-state index is -0.246. The zero-order chi connectivity index (χ0) is 12.3. The molecule has 0 aliphatic heterocycles. The van der Waals surface area contributed by atoms with Crippen molar-refractivity contribution in [2.24, 2.45) is 0 Å². The van der Waals surface area contributed by atoms with Gasteiger partial charge in [0.15, 0.2) is 5.78 Å². The molecule has 0 fully saturated rings. The summed E-state index contributed by atoms with van der Waals surface area (Å²) in [6.07, 6.45) is 0.375. The third kappa shape index (κ3) is 2.30. The van der Waals surface area contributed by atoms with Crippen LogP contribution in [-0.2, 0) is 0 Å². The van der Waals surface area contributed by atoms with Gasteiger partial charge in [0.2, 0.25) is 0 Å². The lowest BCUT2D eigenvalue weighted by molar-refractivity contribution is 0.0981. The molecule has 17 heavy (non-hydrogen) atoms. The molecule has 2 rings (SSSR count). The van der Waals surface area contributed by atoms with E-state index in [0.717, 1.165) is 0 Å². The van der Waals surface area contributed by atoms with Crippen molar-refractivity contribution >= 4 is 5.78 Å². The molecule has 0 bridgehead atoms. The predicted molar refractivity (Wildman–Crippen MR) is 64.5 cm³/mol. The first-order valence-corrected chi connectivity index (χ1v) is 5.41. The van der Waals surface area contributed by atoms with Gasteiger partial charge in [-0.2, -0.15) is 9.78 Å². The minimum absolute atomic E-state index is 0.0744. The van der Waals surface area contributed by atoms with Crippen LogP contribution in [0.15, 0.2) is 47.3 Å². The van der Waals surface area contributed by atoms with Crippen molar-refractivity contribution in [2.75, 3.05) is 0 Å². The van der Waals surface area contributed by atoms with E-state index in [-0.39, 0.29) is 11.3 Å². The summed E-state index contributed by atoms with van der Waals surface area (Å²) >= 11 is 0. The Morgan fingerprint density at radius 3 is 2.53 bits per heavy atom. The first-order valence-electron chi connectivity index (χ1n) is 5.41. The van der Waals surface area contributed by atoms with E-state index >= 15 is 0 Å². The van der Waals surface area contributed by atoms with Gasteiger partial charge in [0.25, 0.3) is 5.56 Å². The van der Waals surface area contributed by atoms with Crippen LogP contribution in [0, 0.1) is 0 Å². The highest BCUT2D eigenvalue weighted by Gasteiger charge is 2.08. The van der Waals surface area contributed by atoms with Crippen LogP contribution in [0.3, 0.4) is 0 Å². The Kier molecular flexibility index (Phi) is 3.14. The van der Waals surface area contributed by atoms with Crippen molar-refractivity contribution in [3.8, 4) is 5.69 Å². The lowest BCUT2D eigenvalue weighted by Gasteiger charge is -2.05. The second-order valence-corrected chi connectivity index (χ2v) is 3.58.